The Morgan fingerprint density at radius 2 is 1.85 bits per heavy atom. The molecule has 0 bridgehead atoms. The second-order valence-corrected chi connectivity index (χ2v) is 8.07. The molecule has 1 spiro atoms. The lowest BCUT2D eigenvalue weighted by molar-refractivity contribution is -0.149. The summed E-state index contributed by atoms with van der Waals surface area (Å²) in [4.78, 5) is 2.49. The van der Waals surface area contributed by atoms with Gasteiger partial charge >= 0.3 is 0 Å². The van der Waals surface area contributed by atoms with Gasteiger partial charge in [0.1, 0.15) is 5.75 Å². The molecule has 0 aliphatic carbocycles. The number of nitrogens with zero attached hydrogens (tertiary/aromatic N) is 3. The van der Waals surface area contributed by atoms with Crippen molar-refractivity contribution in [1.29, 1.82) is 0 Å². The highest BCUT2D eigenvalue weighted by Crippen LogP contribution is 2.49. The fourth-order valence-electron chi connectivity index (χ4n) is 4.59. The number of hydrazone groups is 1. The van der Waals surface area contributed by atoms with Crippen LogP contribution in [0.2, 0.25) is 5.02 Å². The zero-order valence-electron chi connectivity index (χ0n) is 15.6. The van der Waals surface area contributed by atoms with Crippen molar-refractivity contribution in [3.63, 3.8) is 0 Å². The van der Waals surface area contributed by atoms with Gasteiger partial charge in [-0.25, -0.2) is 5.01 Å². The molecule has 2 aromatic rings. The van der Waals surface area contributed by atoms with Crippen molar-refractivity contribution in [2.75, 3.05) is 19.6 Å². The van der Waals surface area contributed by atoms with E-state index in [1.54, 1.807) is 0 Å². The number of para-hydroxylation sites is 1. The number of piperidine rings is 1. The highest BCUT2D eigenvalue weighted by atomic mass is 35.5. The highest BCUT2D eigenvalue weighted by molar-refractivity contribution is 6.30. The molecule has 27 heavy (non-hydrogen) atoms. The van der Waals surface area contributed by atoms with E-state index < -0.39 is 0 Å². The Bertz CT molecular complexity index is 871. The molecule has 1 atom stereocenters. The zero-order valence-corrected chi connectivity index (χ0v) is 16.3. The number of benzene rings is 2. The van der Waals surface area contributed by atoms with Gasteiger partial charge in [-0.3, -0.25) is 0 Å². The van der Waals surface area contributed by atoms with E-state index in [0.717, 1.165) is 60.9 Å². The summed E-state index contributed by atoms with van der Waals surface area (Å²) in [7, 11) is 0. The number of hydrogen-bond donors (Lipinski definition) is 0. The molecule has 5 rings (SSSR count). The predicted octanol–water partition coefficient (Wildman–Crippen LogP) is 4.70. The molecule has 3 aliphatic rings. The van der Waals surface area contributed by atoms with Gasteiger partial charge in [0.05, 0.1) is 11.8 Å². The summed E-state index contributed by atoms with van der Waals surface area (Å²) < 4.78 is 6.64. The highest BCUT2D eigenvalue weighted by Gasteiger charge is 2.51. The molecule has 4 nitrogen and oxygen atoms in total. The van der Waals surface area contributed by atoms with Gasteiger partial charge in [0, 0.05) is 42.9 Å². The molecule has 0 saturated carbocycles. The first-order valence-corrected chi connectivity index (χ1v) is 10.2. The molecule has 2 aromatic carbocycles. The minimum Gasteiger partial charge on any atom is -0.466 e. The van der Waals surface area contributed by atoms with Crippen LogP contribution in [0.4, 0.5) is 0 Å². The predicted molar refractivity (Wildman–Crippen MR) is 108 cm³/mol. The normalized spacial score (nSPS) is 23.6. The minimum absolute atomic E-state index is 0.244. The van der Waals surface area contributed by atoms with Crippen LogP contribution in [0, 0.1) is 0 Å². The number of rotatable bonds is 2. The van der Waals surface area contributed by atoms with Gasteiger partial charge < -0.3 is 9.64 Å². The maximum absolute atomic E-state index is 6.64. The second-order valence-electron chi connectivity index (χ2n) is 7.64. The van der Waals surface area contributed by atoms with Crippen LogP contribution in [0.1, 0.15) is 43.4 Å². The smallest absolute Gasteiger partial charge is 0.200 e. The molecular formula is C22H24ClN3O. The van der Waals surface area contributed by atoms with Gasteiger partial charge in [-0.05, 0) is 30.3 Å². The molecular weight excluding hydrogens is 358 g/mol. The number of halogens is 1. The molecule has 0 radical (unpaired) electrons. The SMILES string of the molecule is CCN1CCC2(CC1)Oc1ccccc1C1CC(c3ccc(Cl)cc3)=NN12. The van der Waals surface area contributed by atoms with Crippen molar-refractivity contribution in [1.82, 2.24) is 9.91 Å². The molecule has 3 aliphatic heterocycles. The Kier molecular flexibility index (Phi) is 4.14. The monoisotopic (exact) mass is 381 g/mol. The first-order chi connectivity index (χ1) is 13.2. The third kappa shape index (κ3) is 2.82. The van der Waals surface area contributed by atoms with E-state index in [2.05, 4.69) is 53.2 Å². The van der Waals surface area contributed by atoms with E-state index in [-0.39, 0.29) is 11.8 Å². The second kappa shape index (κ2) is 6.54. The van der Waals surface area contributed by atoms with Crippen LogP contribution in [-0.2, 0) is 0 Å². The molecule has 1 unspecified atom stereocenters. The van der Waals surface area contributed by atoms with Gasteiger partial charge in [-0.2, -0.15) is 5.10 Å². The fraction of sp³-hybridized carbons (Fsp3) is 0.409. The Hall–Kier alpha value is -2.04. The standard InChI is InChI=1S/C22H24ClN3O/c1-2-25-13-11-22(12-14-25)26-20(18-5-3-4-6-21(18)27-22)15-19(24-26)16-7-9-17(23)10-8-16/h3-10,20H,2,11-15H2,1H3. The van der Waals surface area contributed by atoms with Crippen LogP contribution < -0.4 is 4.74 Å². The molecule has 0 aromatic heterocycles. The molecule has 140 valence electrons. The van der Waals surface area contributed by atoms with E-state index in [0.29, 0.717) is 0 Å². The summed E-state index contributed by atoms with van der Waals surface area (Å²) in [5.74, 6) is 1.02. The van der Waals surface area contributed by atoms with Gasteiger partial charge in [-0.15, -0.1) is 0 Å². The number of hydrogen-bond acceptors (Lipinski definition) is 4. The summed E-state index contributed by atoms with van der Waals surface area (Å²) in [5.41, 5.74) is 3.18. The summed E-state index contributed by atoms with van der Waals surface area (Å²) in [6, 6.07) is 16.7. The third-order valence-corrected chi connectivity index (χ3v) is 6.42. The quantitative estimate of drug-likeness (QED) is 0.755. The van der Waals surface area contributed by atoms with E-state index >= 15 is 0 Å². The lowest BCUT2D eigenvalue weighted by Gasteiger charge is -2.51. The lowest BCUT2D eigenvalue weighted by atomic mass is 9.91. The van der Waals surface area contributed by atoms with Gasteiger partial charge in [0.15, 0.2) is 0 Å². The molecule has 3 heterocycles. The van der Waals surface area contributed by atoms with Gasteiger partial charge in [0.2, 0.25) is 5.72 Å². The van der Waals surface area contributed by atoms with Crippen LogP contribution in [0.5, 0.6) is 5.75 Å². The molecule has 0 amide bonds. The third-order valence-electron chi connectivity index (χ3n) is 6.17. The van der Waals surface area contributed by atoms with Gasteiger partial charge in [0.25, 0.3) is 0 Å². The summed E-state index contributed by atoms with van der Waals surface area (Å²) >= 11 is 6.08. The van der Waals surface area contributed by atoms with Crippen molar-refractivity contribution in [3.8, 4) is 5.75 Å². The Balaban J connectivity index is 1.54. The van der Waals surface area contributed by atoms with Crippen molar-refractivity contribution in [2.24, 2.45) is 5.10 Å². The maximum atomic E-state index is 6.64. The van der Waals surface area contributed by atoms with Crippen molar-refractivity contribution >= 4 is 17.3 Å². The Morgan fingerprint density at radius 3 is 2.59 bits per heavy atom. The van der Waals surface area contributed by atoms with Gasteiger partial charge in [-0.1, -0.05) is 48.9 Å². The van der Waals surface area contributed by atoms with Crippen molar-refractivity contribution < 1.29 is 4.74 Å². The first-order valence-electron chi connectivity index (χ1n) is 9.81. The summed E-state index contributed by atoms with van der Waals surface area (Å²) in [6.07, 6.45) is 2.85. The number of likely N-dealkylation sites (tertiary alicyclic amines) is 1. The topological polar surface area (TPSA) is 28.1 Å². The molecule has 0 N–H and O–H groups in total. The molecule has 1 fully saturated rings. The first kappa shape index (κ1) is 17.1. The average molecular weight is 382 g/mol. The fourth-order valence-corrected chi connectivity index (χ4v) is 4.72. The molecule has 1 saturated heterocycles. The van der Waals surface area contributed by atoms with Crippen LogP contribution in [-0.4, -0.2) is 41.0 Å². The van der Waals surface area contributed by atoms with E-state index in [1.165, 1.54) is 5.56 Å². The minimum atomic E-state index is -0.334. The largest absolute Gasteiger partial charge is 0.466 e. The van der Waals surface area contributed by atoms with E-state index in [9.17, 15) is 0 Å². The maximum Gasteiger partial charge on any atom is 0.200 e. The lowest BCUT2D eigenvalue weighted by Crippen LogP contribution is -2.59. The summed E-state index contributed by atoms with van der Waals surface area (Å²) in [5, 5.41) is 8.13. The zero-order chi connectivity index (χ0) is 18.4. The van der Waals surface area contributed by atoms with Crippen LogP contribution in [0.15, 0.2) is 53.6 Å². The van der Waals surface area contributed by atoms with E-state index in [1.807, 2.05) is 12.1 Å². The van der Waals surface area contributed by atoms with E-state index in [4.69, 9.17) is 21.4 Å². The van der Waals surface area contributed by atoms with Crippen molar-refractivity contribution in [3.05, 3.63) is 64.7 Å². The Labute approximate surface area is 165 Å². The Morgan fingerprint density at radius 1 is 1.11 bits per heavy atom. The van der Waals surface area contributed by atoms with Crippen LogP contribution >= 0.6 is 11.6 Å². The number of ether oxygens (including phenoxy) is 1. The van der Waals surface area contributed by atoms with Crippen LogP contribution in [0.3, 0.4) is 0 Å². The van der Waals surface area contributed by atoms with Crippen LogP contribution in [0.25, 0.3) is 0 Å². The average Bonchev–Trinajstić information content (AvgIpc) is 3.16. The summed E-state index contributed by atoms with van der Waals surface area (Å²) in [6.45, 7) is 5.42. The molecule has 5 heteroatoms. The van der Waals surface area contributed by atoms with Crippen molar-refractivity contribution in [2.45, 2.75) is 38.0 Å². The number of fused-ring (bicyclic) bond motifs is 4.